The first-order chi connectivity index (χ1) is 13.7. The van der Waals surface area contributed by atoms with Crippen molar-refractivity contribution in [3.05, 3.63) is 54.0 Å². The van der Waals surface area contributed by atoms with Crippen LogP contribution < -0.4 is 9.80 Å². The van der Waals surface area contributed by atoms with E-state index < -0.39 is 0 Å². The average Bonchev–Trinajstić information content (AvgIpc) is 3.04. The Morgan fingerprint density at radius 2 is 1.46 bits per heavy atom. The number of hydrogen-bond donors (Lipinski definition) is 0. The van der Waals surface area contributed by atoms with Crippen molar-refractivity contribution in [3.8, 4) is 0 Å². The minimum absolute atomic E-state index is 0.0358. The quantitative estimate of drug-likeness (QED) is 0.814. The molecule has 0 unspecified atom stereocenters. The first kappa shape index (κ1) is 18.7. The van der Waals surface area contributed by atoms with E-state index in [9.17, 15) is 9.18 Å². The van der Waals surface area contributed by atoms with Crippen molar-refractivity contribution < 1.29 is 9.18 Å². The molecule has 148 valence electrons. The van der Waals surface area contributed by atoms with Crippen LogP contribution in [-0.2, 0) is 0 Å². The van der Waals surface area contributed by atoms with Crippen LogP contribution >= 0.6 is 0 Å². The van der Waals surface area contributed by atoms with Crippen LogP contribution in [0.5, 0.6) is 0 Å². The maximum absolute atomic E-state index is 13.1. The number of pyridine rings is 1. The van der Waals surface area contributed by atoms with Gasteiger partial charge in [0.1, 0.15) is 11.6 Å². The smallest absolute Gasteiger partial charge is 0.255 e. The second-order valence-corrected chi connectivity index (χ2v) is 7.56. The standard InChI is InChI=1S/C22H27FN4O/c23-19-6-8-20(9-7-19)25-13-15-27(16-14-25)22(28)18-5-10-21(24-17-18)26-11-3-1-2-4-12-26/h5-10,17H,1-4,11-16H2. The number of anilines is 2. The molecular weight excluding hydrogens is 355 g/mol. The summed E-state index contributed by atoms with van der Waals surface area (Å²) in [5.74, 6) is 0.780. The molecule has 3 heterocycles. The molecule has 1 aromatic heterocycles. The molecule has 5 nitrogen and oxygen atoms in total. The van der Waals surface area contributed by atoms with Crippen LogP contribution in [0.1, 0.15) is 36.0 Å². The number of halogens is 1. The molecule has 2 aliphatic rings. The first-order valence-electron chi connectivity index (χ1n) is 10.2. The molecule has 1 aromatic carbocycles. The highest BCUT2D eigenvalue weighted by Gasteiger charge is 2.23. The van der Waals surface area contributed by atoms with Crippen LogP contribution in [0.4, 0.5) is 15.9 Å². The molecule has 1 amide bonds. The third-order valence-electron chi connectivity index (χ3n) is 5.68. The van der Waals surface area contributed by atoms with Crippen LogP contribution in [0.25, 0.3) is 0 Å². The van der Waals surface area contributed by atoms with Gasteiger partial charge in [0.05, 0.1) is 5.56 Å². The Kier molecular flexibility index (Phi) is 5.74. The van der Waals surface area contributed by atoms with Gasteiger partial charge in [-0.3, -0.25) is 4.79 Å². The zero-order chi connectivity index (χ0) is 19.3. The predicted octanol–water partition coefficient (Wildman–Crippen LogP) is 3.56. The van der Waals surface area contributed by atoms with Crippen molar-refractivity contribution in [2.24, 2.45) is 0 Å². The van der Waals surface area contributed by atoms with Gasteiger partial charge in [0, 0.05) is 51.2 Å². The lowest BCUT2D eigenvalue weighted by atomic mass is 10.2. The lowest BCUT2D eigenvalue weighted by Gasteiger charge is -2.36. The summed E-state index contributed by atoms with van der Waals surface area (Å²) in [6.07, 6.45) is 6.71. The van der Waals surface area contributed by atoms with E-state index in [-0.39, 0.29) is 11.7 Å². The molecule has 0 radical (unpaired) electrons. The summed E-state index contributed by atoms with van der Waals surface area (Å²) in [6.45, 7) is 4.90. The van der Waals surface area contributed by atoms with Crippen molar-refractivity contribution in [1.29, 1.82) is 0 Å². The second kappa shape index (κ2) is 8.59. The minimum Gasteiger partial charge on any atom is -0.368 e. The summed E-state index contributed by atoms with van der Waals surface area (Å²) >= 11 is 0. The minimum atomic E-state index is -0.228. The molecule has 0 saturated carbocycles. The summed E-state index contributed by atoms with van der Waals surface area (Å²) in [7, 11) is 0. The molecule has 2 fully saturated rings. The fourth-order valence-electron chi connectivity index (χ4n) is 4.00. The van der Waals surface area contributed by atoms with E-state index in [1.54, 1.807) is 18.3 Å². The van der Waals surface area contributed by atoms with E-state index in [4.69, 9.17) is 0 Å². The predicted molar refractivity (Wildman–Crippen MR) is 109 cm³/mol. The fourth-order valence-corrected chi connectivity index (χ4v) is 4.00. The van der Waals surface area contributed by atoms with E-state index in [2.05, 4.69) is 14.8 Å². The Bertz CT molecular complexity index is 777. The number of carbonyl (C=O) groups excluding carboxylic acids is 1. The highest BCUT2D eigenvalue weighted by molar-refractivity contribution is 5.94. The van der Waals surface area contributed by atoms with Gasteiger partial charge in [0.15, 0.2) is 0 Å². The van der Waals surface area contributed by atoms with E-state index >= 15 is 0 Å². The van der Waals surface area contributed by atoms with Gasteiger partial charge in [-0.25, -0.2) is 9.37 Å². The highest BCUT2D eigenvalue weighted by atomic mass is 19.1. The van der Waals surface area contributed by atoms with Crippen molar-refractivity contribution >= 4 is 17.4 Å². The van der Waals surface area contributed by atoms with Crippen LogP contribution in [0.3, 0.4) is 0 Å². The number of benzene rings is 1. The summed E-state index contributed by atoms with van der Waals surface area (Å²) in [5.41, 5.74) is 1.64. The fraction of sp³-hybridized carbons (Fsp3) is 0.455. The van der Waals surface area contributed by atoms with Crippen LogP contribution in [0, 0.1) is 5.82 Å². The lowest BCUT2D eigenvalue weighted by molar-refractivity contribution is 0.0746. The molecule has 4 rings (SSSR count). The molecule has 0 N–H and O–H groups in total. The first-order valence-corrected chi connectivity index (χ1v) is 10.2. The maximum atomic E-state index is 13.1. The molecular formula is C22H27FN4O. The Labute approximate surface area is 165 Å². The van der Waals surface area contributed by atoms with Crippen molar-refractivity contribution in [1.82, 2.24) is 9.88 Å². The summed E-state index contributed by atoms with van der Waals surface area (Å²) in [4.78, 5) is 23.8. The number of aromatic nitrogens is 1. The summed E-state index contributed by atoms with van der Waals surface area (Å²) in [6, 6.07) is 10.4. The van der Waals surface area contributed by atoms with Crippen molar-refractivity contribution in [3.63, 3.8) is 0 Å². The Morgan fingerprint density at radius 3 is 2.07 bits per heavy atom. The molecule has 0 aliphatic carbocycles. The largest absolute Gasteiger partial charge is 0.368 e. The zero-order valence-electron chi connectivity index (χ0n) is 16.2. The lowest BCUT2D eigenvalue weighted by Crippen LogP contribution is -2.48. The monoisotopic (exact) mass is 382 g/mol. The zero-order valence-corrected chi connectivity index (χ0v) is 16.2. The van der Waals surface area contributed by atoms with Crippen LogP contribution in [0.2, 0.25) is 0 Å². The molecule has 6 heteroatoms. The normalized spacial score (nSPS) is 18.1. The number of hydrogen-bond acceptors (Lipinski definition) is 4. The number of carbonyl (C=O) groups is 1. The van der Waals surface area contributed by atoms with Gasteiger partial charge in [0.25, 0.3) is 5.91 Å². The molecule has 2 saturated heterocycles. The third-order valence-corrected chi connectivity index (χ3v) is 5.68. The van der Waals surface area contributed by atoms with Gasteiger partial charge in [-0.05, 0) is 49.2 Å². The average molecular weight is 382 g/mol. The van der Waals surface area contributed by atoms with Crippen LogP contribution in [0.15, 0.2) is 42.6 Å². The Balaban J connectivity index is 1.35. The van der Waals surface area contributed by atoms with Crippen molar-refractivity contribution in [2.75, 3.05) is 49.1 Å². The molecule has 28 heavy (non-hydrogen) atoms. The van der Waals surface area contributed by atoms with Gasteiger partial charge >= 0.3 is 0 Å². The number of piperazine rings is 1. The third kappa shape index (κ3) is 4.26. The molecule has 2 aliphatic heterocycles. The number of nitrogens with zero attached hydrogens (tertiary/aromatic N) is 4. The number of amides is 1. The van der Waals surface area contributed by atoms with E-state index in [1.165, 1.54) is 37.8 Å². The SMILES string of the molecule is O=C(c1ccc(N2CCCCCC2)nc1)N1CCN(c2ccc(F)cc2)CC1. The van der Waals surface area contributed by atoms with Gasteiger partial charge in [-0.2, -0.15) is 0 Å². The van der Waals surface area contributed by atoms with Gasteiger partial charge in [-0.15, -0.1) is 0 Å². The van der Waals surface area contributed by atoms with E-state index in [0.29, 0.717) is 18.7 Å². The molecule has 0 bridgehead atoms. The van der Waals surface area contributed by atoms with Crippen molar-refractivity contribution in [2.45, 2.75) is 25.7 Å². The second-order valence-electron chi connectivity index (χ2n) is 7.56. The highest BCUT2D eigenvalue weighted by Crippen LogP contribution is 2.20. The summed E-state index contributed by atoms with van der Waals surface area (Å²) < 4.78 is 13.1. The van der Waals surface area contributed by atoms with Gasteiger partial charge in [-0.1, -0.05) is 12.8 Å². The summed E-state index contributed by atoms with van der Waals surface area (Å²) in [5, 5.41) is 0. The molecule has 2 aromatic rings. The Morgan fingerprint density at radius 1 is 0.786 bits per heavy atom. The van der Waals surface area contributed by atoms with E-state index in [1.807, 2.05) is 17.0 Å². The number of rotatable bonds is 3. The van der Waals surface area contributed by atoms with E-state index in [0.717, 1.165) is 37.7 Å². The molecule has 0 atom stereocenters. The maximum Gasteiger partial charge on any atom is 0.255 e. The Hall–Kier alpha value is -2.63. The molecule has 0 spiro atoms. The van der Waals surface area contributed by atoms with Gasteiger partial charge < -0.3 is 14.7 Å². The topological polar surface area (TPSA) is 39.7 Å². The van der Waals surface area contributed by atoms with Gasteiger partial charge in [0.2, 0.25) is 0 Å². The van der Waals surface area contributed by atoms with Crippen LogP contribution in [-0.4, -0.2) is 55.1 Å².